The third-order valence-corrected chi connectivity index (χ3v) is 3.95. The molecule has 5 nitrogen and oxygen atoms in total. The SMILES string of the molecule is Cc1ccccc1CNC(=O)c1cccc([N+](=O)[O-])c1Br. The number of nitrogens with zero attached hydrogens (tertiary/aromatic N) is 1. The Bertz CT molecular complexity index is 701. The Balaban J connectivity index is 2.16. The fraction of sp³-hybridized carbons (Fsp3) is 0.133. The molecule has 108 valence electrons. The molecule has 2 rings (SSSR count). The van der Waals surface area contributed by atoms with Gasteiger partial charge in [0.1, 0.15) is 4.47 Å². The largest absolute Gasteiger partial charge is 0.348 e. The van der Waals surface area contributed by atoms with Crippen molar-refractivity contribution in [3.05, 3.63) is 73.7 Å². The molecule has 6 heteroatoms. The third kappa shape index (κ3) is 3.46. The van der Waals surface area contributed by atoms with E-state index < -0.39 is 4.92 Å². The molecule has 0 aliphatic heterocycles. The van der Waals surface area contributed by atoms with Gasteiger partial charge < -0.3 is 5.32 Å². The first-order valence-corrected chi connectivity index (χ1v) is 7.05. The van der Waals surface area contributed by atoms with Crippen molar-refractivity contribution in [3.63, 3.8) is 0 Å². The summed E-state index contributed by atoms with van der Waals surface area (Å²) in [5, 5.41) is 13.6. The fourth-order valence-corrected chi connectivity index (χ4v) is 2.50. The van der Waals surface area contributed by atoms with Gasteiger partial charge >= 0.3 is 0 Å². The van der Waals surface area contributed by atoms with E-state index in [-0.39, 0.29) is 21.6 Å². The van der Waals surface area contributed by atoms with Crippen molar-refractivity contribution in [1.82, 2.24) is 5.32 Å². The van der Waals surface area contributed by atoms with E-state index in [0.717, 1.165) is 11.1 Å². The fourth-order valence-electron chi connectivity index (χ4n) is 1.92. The van der Waals surface area contributed by atoms with Crippen LogP contribution in [0.5, 0.6) is 0 Å². The summed E-state index contributed by atoms with van der Waals surface area (Å²) in [5.41, 5.74) is 2.21. The molecule has 21 heavy (non-hydrogen) atoms. The highest BCUT2D eigenvalue weighted by Gasteiger charge is 2.19. The van der Waals surface area contributed by atoms with Crippen molar-refractivity contribution in [2.75, 3.05) is 0 Å². The summed E-state index contributed by atoms with van der Waals surface area (Å²) in [6, 6.07) is 12.1. The van der Waals surface area contributed by atoms with E-state index in [9.17, 15) is 14.9 Å². The maximum absolute atomic E-state index is 12.2. The average molecular weight is 349 g/mol. The molecule has 0 saturated carbocycles. The maximum atomic E-state index is 12.2. The molecule has 0 unspecified atom stereocenters. The first-order chi connectivity index (χ1) is 10.0. The van der Waals surface area contributed by atoms with Crippen LogP contribution in [0, 0.1) is 17.0 Å². The zero-order valence-corrected chi connectivity index (χ0v) is 12.9. The van der Waals surface area contributed by atoms with Gasteiger partial charge in [0, 0.05) is 12.6 Å². The number of halogens is 1. The quantitative estimate of drug-likeness (QED) is 0.677. The molecule has 0 aromatic heterocycles. The minimum Gasteiger partial charge on any atom is -0.348 e. The lowest BCUT2D eigenvalue weighted by molar-refractivity contribution is -0.385. The second-order valence-corrected chi connectivity index (χ2v) is 5.30. The second kappa shape index (κ2) is 6.49. The lowest BCUT2D eigenvalue weighted by Gasteiger charge is -2.09. The molecule has 2 aromatic rings. The van der Waals surface area contributed by atoms with Crippen molar-refractivity contribution in [1.29, 1.82) is 0 Å². The Kier molecular flexibility index (Phi) is 4.70. The number of nitrogens with one attached hydrogen (secondary N) is 1. The van der Waals surface area contributed by atoms with Gasteiger partial charge in [0.15, 0.2) is 0 Å². The number of benzene rings is 2. The highest BCUT2D eigenvalue weighted by molar-refractivity contribution is 9.10. The summed E-state index contributed by atoms with van der Waals surface area (Å²) >= 11 is 3.12. The number of aryl methyl sites for hydroxylation is 1. The lowest BCUT2D eigenvalue weighted by Crippen LogP contribution is -2.23. The summed E-state index contributed by atoms with van der Waals surface area (Å²) in [6.45, 7) is 2.34. The lowest BCUT2D eigenvalue weighted by atomic mass is 10.1. The minimum absolute atomic E-state index is 0.126. The van der Waals surface area contributed by atoms with Gasteiger partial charge in [-0.15, -0.1) is 0 Å². The second-order valence-electron chi connectivity index (χ2n) is 4.50. The molecule has 0 heterocycles. The topological polar surface area (TPSA) is 72.2 Å². The van der Waals surface area contributed by atoms with Crippen LogP contribution in [0.25, 0.3) is 0 Å². The first-order valence-electron chi connectivity index (χ1n) is 6.26. The number of carbonyl (C=O) groups excluding carboxylic acids is 1. The van der Waals surface area contributed by atoms with E-state index in [1.54, 1.807) is 6.07 Å². The van der Waals surface area contributed by atoms with Crippen LogP contribution in [0.3, 0.4) is 0 Å². The van der Waals surface area contributed by atoms with Crippen LogP contribution in [-0.4, -0.2) is 10.8 Å². The number of nitro benzene ring substituents is 1. The van der Waals surface area contributed by atoms with Gasteiger partial charge in [-0.25, -0.2) is 0 Å². The summed E-state index contributed by atoms with van der Waals surface area (Å²) in [4.78, 5) is 22.5. The minimum atomic E-state index is -0.526. The predicted octanol–water partition coefficient (Wildman–Crippen LogP) is 3.60. The van der Waals surface area contributed by atoms with Gasteiger partial charge in [0.2, 0.25) is 0 Å². The van der Waals surface area contributed by atoms with Crippen molar-refractivity contribution in [2.24, 2.45) is 0 Å². The molecular weight excluding hydrogens is 336 g/mol. The van der Waals surface area contributed by atoms with Crippen LogP contribution in [0.4, 0.5) is 5.69 Å². The highest BCUT2D eigenvalue weighted by atomic mass is 79.9. The number of carbonyl (C=O) groups is 1. The molecule has 0 fully saturated rings. The van der Waals surface area contributed by atoms with Crippen molar-refractivity contribution < 1.29 is 9.72 Å². The molecule has 0 spiro atoms. The van der Waals surface area contributed by atoms with Crippen molar-refractivity contribution >= 4 is 27.5 Å². The van der Waals surface area contributed by atoms with Crippen LogP contribution in [-0.2, 0) is 6.54 Å². The number of hydrogen-bond donors (Lipinski definition) is 1. The molecule has 0 bridgehead atoms. The Morgan fingerprint density at radius 2 is 1.95 bits per heavy atom. The van der Waals surface area contributed by atoms with E-state index in [4.69, 9.17) is 0 Å². The molecule has 2 aromatic carbocycles. The molecule has 0 aliphatic rings. The van der Waals surface area contributed by atoms with Crippen LogP contribution in [0.15, 0.2) is 46.9 Å². The monoisotopic (exact) mass is 348 g/mol. The number of nitro groups is 1. The standard InChI is InChI=1S/C15H13BrN2O3/c1-10-5-2-3-6-11(10)9-17-15(19)12-7-4-8-13(14(12)16)18(20)21/h2-8H,9H2,1H3,(H,17,19). The van der Waals surface area contributed by atoms with Gasteiger partial charge in [-0.1, -0.05) is 30.3 Å². The van der Waals surface area contributed by atoms with E-state index in [2.05, 4.69) is 21.2 Å². The van der Waals surface area contributed by atoms with Crippen LogP contribution in [0.2, 0.25) is 0 Å². The average Bonchev–Trinajstić information content (AvgIpc) is 2.46. The van der Waals surface area contributed by atoms with Gasteiger partial charge in [0.05, 0.1) is 10.5 Å². The smallest absolute Gasteiger partial charge is 0.284 e. The van der Waals surface area contributed by atoms with E-state index in [0.29, 0.717) is 6.54 Å². The van der Waals surface area contributed by atoms with E-state index in [1.165, 1.54) is 12.1 Å². The molecule has 1 N–H and O–H groups in total. The summed E-state index contributed by atoms with van der Waals surface area (Å²) in [5.74, 6) is -0.353. The number of hydrogen-bond acceptors (Lipinski definition) is 3. The summed E-state index contributed by atoms with van der Waals surface area (Å²) in [7, 11) is 0. The molecular formula is C15H13BrN2O3. The van der Waals surface area contributed by atoms with E-state index >= 15 is 0 Å². The van der Waals surface area contributed by atoms with Crippen LogP contribution >= 0.6 is 15.9 Å². The predicted molar refractivity (Wildman–Crippen MR) is 83.1 cm³/mol. The third-order valence-electron chi connectivity index (χ3n) is 3.12. The van der Waals surface area contributed by atoms with Gasteiger partial charge in [-0.2, -0.15) is 0 Å². The Morgan fingerprint density at radius 3 is 2.62 bits per heavy atom. The van der Waals surface area contributed by atoms with Gasteiger partial charge in [0.25, 0.3) is 11.6 Å². The van der Waals surface area contributed by atoms with Crippen LogP contribution < -0.4 is 5.32 Å². The molecule has 1 amide bonds. The normalized spacial score (nSPS) is 10.2. The number of rotatable bonds is 4. The Morgan fingerprint density at radius 1 is 1.24 bits per heavy atom. The summed E-state index contributed by atoms with van der Waals surface area (Å²) < 4.78 is 0.192. The summed E-state index contributed by atoms with van der Waals surface area (Å²) in [6.07, 6.45) is 0. The van der Waals surface area contributed by atoms with Crippen LogP contribution in [0.1, 0.15) is 21.5 Å². The maximum Gasteiger partial charge on any atom is 0.284 e. The first kappa shape index (κ1) is 15.2. The molecule has 0 radical (unpaired) electrons. The number of amides is 1. The van der Waals surface area contributed by atoms with E-state index in [1.807, 2.05) is 31.2 Å². The Labute approximate surface area is 130 Å². The zero-order valence-electron chi connectivity index (χ0n) is 11.3. The Hall–Kier alpha value is -2.21. The molecule has 0 saturated heterocycles. The molecule has 0 aliphatic carbocycles. The van der Waals surface area contributed by atoms with Crippen molar-refractivity contribution in [2.45, 2.75) is 13.5 Å². The highest BCUT2D eigenvalue weighted by Crippen LogP contribution is 2.28. The van der Waals surface area contributed by atoms with Gasteiger partial charge in [-0.3, -0.25) is 14.9 Å². The zero-order chi connectivity index (χ0) is 15.4. The van der Waals surface area contributed by atoms with Crippen molar-refractivity contribution in [3.8, 4) is 0 Å². The van der Waals surface area contributed by atoms with Gasteiger partial charge in [-0.05, 0) is 40.0 Å². The molecule has 0 atom stereocenters.